The molecule has 2 fully saturated rings. The summed E-state index contributed by atoms with van der Waals surface area (Å²) in [5, 5.41) is 75.1. The molecular formula is C23H41N3O13. The molecule has 16 nitrogen and oxygen atoms in total. The summed E-state index contributed by atoms with van der Waals surface area (Å²) in [7, 11) is 0. The Kier molecular flexibility index (Phi) is 13.5. The zero-order chi connectivity index (χ0) is 29.3. The number of unbranched alkanes of at least 4 members (excludes halogenated alkanes) is 1. The number of carbonyl (C=O) groups excluding carboxylic acids is 3. The molecule has 11 atom stereocenters. The fourth-order valence-electron chi connectivity index (χ4n) is 4.30. The van der Waals surface area contributed by atoms with Crippen molar-refractivity contribution in [3.63, 3.8) is 0 Å². The number of nitrogens with two attached hydrogens (primary N) is 1. The second-order valence-electron chi connectivity index (χ2n) is 9.64. The Morgan fingerprint density at radius 1 is 0.846 bits per heavy atom. The van der Waals surface area contributed by atoms with Crippen molar-refractivity contribution < 1.29 is 64.3 Å². The zero-order valence-corrected chi connectivity index (χ0v) is 21.7. The predicted molar refractivity (Wildman–Crippen MR) is 129 cm³/mol. The van der Waals surface area contributed by atoms with Gasteiger partial charge in [-0.3, -0.25) is 14.4 Å². The highest BCUT2D eigenvalue weighted by molar-refractivity contribution is 5.89. The van der Waals surface area contributed by atoms with E-state index >= 15 is 0 Å². The largest absolute Gasteiger partial charge is 0.394 e. The van der Waals surface area contributed by atoms with Crippen LogP contribution in [0.1, 0.15) is 39.0 Å². The van der Waals surface area contributed by atoms with E-state index in [1.165, 1.54) is 6.92 Å². The normalized spacial score (nSPS) is 35.7. The first-order chi connectivity index (χ1) is 18.4. The maximum absolute atomic E-state index is 12.4. The average molecular weight is 568 g/mol. The van der Waals surface area contributed by atoms with Gasteiger partial charge >= 0.3 is 0 Å². The number of aliphatic hydroxyl groups is 7. The van der Waals surface area contributed by atoms with Crippen LogP contribution in [0.15, 0.2) is 0 Å². The van der Waals surface area contributed by atoms with E-state index in [0.29, 0.717) is 25.8 Å². The maximum atomic E-state index is 12.4. The Morgan fingerprint density at radius 3 is 2.08 bits per heavy atom. The smallest absolute Gasteiger partial charge is 0.222 e. The first-order valence-electron chi connectivity index (χ1n) is 12.8. The minimum absolute atomic E-state index is 0.229. The molecule has 0 aromatic rings. The molecule has 0 aliphatic carbocycles. The lowest BCUT2D eigenvalue weighted by Crippen LogP contribution is -2.66. The van der Waals surface area contributed by atoms with Crippen LogP contribution in [0, 0.1) is 0 Å². The number of aliphatic hydroxyl groups excluding tert-OH is 7. The van der Waals surface area contributed by atoms with Gasteiger partial charge in [-0.05, 0) is 32.7 Å². The SMILES string of the molecule is CC(=O)C(CCCCN)NC(=O)CCC(=O)N[C@@H]1OC(CO)[C@@H](O[C@@H]2OC(CO)[C@H](O)C(O)[C@@H]2O)[C@H](O)C1O. The molecule has 5 unspecified atom stereocenters. The molecule has 16 heteroatoms. The van der Waals surface area contributed by atoms with Gasteiger partial charge < -0.3 is 66.3 Å². The second kappa shape index (κ2) is 15.8. The van der Waals surface area contributed by atoms with Gasteiger partial charge in [0.2, 0.25) is 11.8 Å². The highest BCUT2D eigenvalue weighted by Crippen LogP contribution is 2.28. The van der Waals surface area contributed by atoms with Crippen LogP contribution < -0.4 is 16.4 Å². The van der Waals surface area contributed by atoms with E-state index in [2.05, 4.69) is 10.6 Å². The molecule has 226 valence electrons. The molecule has 0 aromatic heterocycles. The zero-order valence-electron chi connectivity index (χ0n) is 21.7. The summed E-state index contributed by atoms with van der Waals surface area (Å²) in [4.78, 5) is 36.4. The van der Waals surface area contributed by atoms with Gasteiger partial charge in [0.15, 0.2) is 18.3 Å². The van der Waals surface area contributed by atoms with Crippen LogP contribution in [0.3, 0.4) is 0 Å². The molecule has 2 aliphatic heterocycles. The van der Waals surface area contributed by atoms with Crippen LogP contribution in [0.2, 0.25) is 0 Å². The molecule has 2 amide bonds. The lowest BCUT2D eigenvalue weighted by Gasteiger charge is -2.46. The summed E-state index contributed by atoms with van der Waals surface area (Å²) in [6.07, 6.45) is -15.0. The van der Waals surface area contributed by atoms with Gasteiger partial charge in [-0.15, -0.1) is 0 Å². The van der Waals surface area contributed by atoms with Gasteiger partial charge in [0, 0.05) is 12.8 Å². The highest BCUT2D eigenvalue weighted by atomic mass is 16.7. The summed E-state index contributed by atoms with van der Waals surface area (Å²) >= 11 is 0. The number of rotatable bonds is 14. The van der Waals surface area contributed by atoms with Gasteiger partial charge in [0.05, 0.1) is 19.3 Å². The predicted octanol–water partition coefficient (Wildman–Crippen LogP) is -5.29. The molecule has 2 rings (SSSR count). The van der Waals surface area contributed by atoms with Crippen LogP contribution >= 0.6 is 0 Å². The number of nitrogens with one attached hydrogen (secondary N) is 2. The number of ether oxygens (including phenoxy) is 3. The third-order valence-corrected chi connectivity index (χ3v) is 6.66. The standard InChI is InChI=1S/C23H41N3O13/c1-10(29)11(4-2-3-7-24)25-14(30)5-6-15(31)26-22-19(35)18(34)21(13(9-28)37-22)39-23-20(36)17(33)16(32)12(8-27)38-23/h11-13,16-23,27-28,32-36H,2-9,24H2,1H3,(H,25,30)(H,26,31)/t11?,12?,13?,16-,17?,18+,19?,20-,21+,22+,23-/m0/s1. The molecule has 0 bridgehead atoms. The number of Topliss-reactive ketones (excluding diaryl/α,β-unsaturated/α-hetero) is 1. The summed E-state index contributed by atoms with van der Waals surface area (Å²) in [6, 6.07) is -0.697. The topological polar surface area (TPSA) is 271 Å². The van der Waals surface area contributed by atoms with E-state index in [0.717, 1.165) is 0 Å². The Labute approximate surface area is 225 Å². The van der Waals surface area contributed by atoms with Crippen LogP contribution in [0.5, 0.6) is 0 Å². The van der Waals surface area contributed by atoms with E-state index in [9.17, 15) is 50.1 Å². The van der Waals surface area contributed by atoms with E-state index in [-0.39, 0.29) is 18.6 Å². The molecule has 2 heterocycles. The molecule has 2 aliphatic rings. The first-order valence-corrected chi connectivity index (χ1v) is 12.8. The number of hydrogen-bond donors (Lipinski definition) is 10. The van der Waals surface area contributed by atoms with Crippen molar-refractivity contribution in [2.24, 2.45) is 5.73 Å². The van der Waals surface area contributed by atoms with Gasteiger partial charge in [0.1, 0.15) is 48.8 Å². The lowest BCUT2D eigenvalue weighted by atomic mass is 9.96. The number of hydrogen-bond acceptors (Lipinski definition) is 14. The van der Waals surface area contributed by atoms with Crippen LogP contribution in [-0.4, -0.2) is 140 Å². The maximum Gasteiger partial charge on any atom is 0.222 e. The number of carbonyl (C=O) groups is 3. The summed E-state index contributed by atoms with van der Waals surface area (Å²) in [5.74, 6) is -1.49. The minimum Gasteiger partial charge on any atom is -0.394 e. The first kappa shape index (κ1) is 33.4. The van der Waals surface area contributed by atoms with Crippen molar-refractivity contribution in [1.82, 2.24) is 10.6 Å². The van der Waals surface area contributed by atoms with E-state index < -0.39 is 92.4 Å². The van der Waals surface area contributed by atoms with Gasteiger partial charge in [-0.2, -0.15) is 0 Å². The minimum atomic E-state index is -1.81. The van der Waals surface area contributed by atoms with Crippen molar-refractivity contribution in [2.75, 3.05) is 19.8 Å². The van der Waals surface area contributed by atoms with Crippen molar-refractivity contribution in [3.05, 3.63) is 0 Å². The molecular weight excluding hydrogens is 526 g/mol. The van der Waals surface area contributed by atoms with Crippen molar-refractivity contribution in [2.45, 2.75) is 106 Å². The van der Waals surface area contributed by atoms with E-state index in [4.69, 9.17) is 19.9 Å². The summed E-state index contributed by atoms with van der Waals surface area (Å²) in [5.41, 5.74) is 5.44. The molecule has 39 heavy (non-hydrogen) atoms. The molecule has 11 N–H and O–H groups in total. The highest BCUT2D eigenvalue weighted by Gasteiger charge is 2.50. The fraction of sp³-hybridized carbons (Fsp3) is 0.870. The van der Waals surface area contributed by atoms with Gasteiger partial charge in [0.25, 0.3) is 0 Å². The van der Waals surface area contributed by atoms with Crippen LogP contribution in [0.4, 0.5) is 0 Å². The monoisotopic (exact) mass is 567 g/mol. The Morgan fingerprint density at radius 2 is 1.49 bits per heavy atom. The number of amides is 2. The van der Waals surface area contributed by atoms with E-state index in [1.54, 1.807) is 0 Å². The van der Waals surface area contributed by atoms with Crippen molar-refractivity contribution in [1.29, 1.82) is 0 Å². The fourth-order valence-corrected chi connectivity index (χ4v) is 4.30. The summed E-state index contributed by atoms with van der Waals surface area (Å²) in [6.45, 7) is 0.313. The van der Waals surface area contributed by atoms with Crippen LogP contribution in [0.25, 0.3) is 0 Å². The third kappa shape index (κ3) is 9.09. The lowest BCUT2D eigenvalue weighted by molar-refractivity contribution is -0.343. The molecule has 0 saturated carbocycles. The Bertz CT molecular complexity index is 801. The van der Waals surface area contributed by atoms with Crippen molar-refractivity contribution in [3.8, 4) is 0 Å². The quantitative estimate of drug-likeness (QED) is 0.0879. The molecule has 0 aromatic carbocycles. The Hall–Kier alpha value is -1.83. The van der Waals surface area contributed by atoms with Gasteiger partial charge in [-0.1, -0.05) is 0 Å². The Balaban J connectivity index is 1.92. The van der Waals surface area contributed by atoms with Crippen molar-refractivity contribution >= 4 is 17.6 Å². The van der Waals surface area contributed by atoms with Crippen LogP contribution in [-0.2, 0) is 28.6 Å². The third-order valence-electron chi connectivity index (χ3n) is 6.66. The summed E-state index contributed by atoms with van der Waals surface area (Å²) < 4.78 is 16.2. The second-order valence-corrected chi connectivity index (χ2v) is 9.64. The average Bonchev–Trinajstić information content (AvgIpc) is 2.90. The van der Waals surface area contributed by atoms with Gasteiger partial charge in [-0.25, -0.2) is 0 Å². The molecule has 0 spiro atoms. The molecule has 2 saturated heterocycles. The van der Waals surface area contributed by atoms with E-state index in [1.807, 2.05) is 0 Å². The number of ketones is 1. The molecule has 0 radical (unpaired) electrons.